The Hall–Kier alpha value is -1.58. The summed E-state index contributed by atoms with van der Waals surface area (Å²) in [6.07, 6.45) is 4.33. The number of rotatable bonds is 0. The van der Waals surface area contributed by atoms with Gasteiger partial charge in [-0.25, -0.2) is 15.0 Å². The van der Waals surface area contributed by atoms with Gasteiger partial charge in [0.05, 0.1) is 11.7 Å². The van der Waals surface area contributed by atoms with E-state index in [2.05, 4.69) is 15.0 Å². The molecule has 0 N–H and O–H groups in total. The van der Waals surface area contributed by atoms with E-state index in [4.69, 9.17) is 0 Å². The second kappa shape index (κ2) is 2.23. The van der Waals surface area contributed by atoms with Crippen LogP contribution < -0.4 is 0 Å². The van der Waals surface area contributed by atoms with Gasteiger partial charge in [-0.3, -0.25) is 0 Å². The zero-order chi connectivity index (χ0) is 7.68. The predicted octanol–water partition coefficient (Wildman–Crippen LogP) is 1.16. The lowest BCUT2D eigenvalue weighted by molar-refractivity contribution is 0.586. The van der Waals surface area contributed by atoms with Crippen molar-refractivity contribution in [3.8, 4) is 0 Å². The van der Waals surface area contributed by atoms with Crippen molar-refractivity contribution < 1.29 is 4.39 Å². The van der Waals surface area contributed by atoms with Gasteiger partial charge in [-0.15, -0.1) is 0 Å². The lowest BCUT2D eigenvalue weighted by atomic mass is 10.3. The van der Waals surface area contributed by atoms with Crippen molar-refractivity contribution in [3.63, 3.8) is 0 Å². The minimum atomic E-state index is -0.507. The van der Waals surface area contributed by atoms with Gasteiger partial charge in [0, 0.05) is 17.6 Å². The van der Waals surface area contributed by atoms with E-state index in [1.54, 1.807) is 6.20 Å². The van der Waals surface area contributed by atoms with Gasteiger partial charge in [0.15, 0.2) is 0 Å². The SMILES string of the molecule is Fc1cc2cncnc2cn1. The molecule has 3 nitrogen and oxygen atoms in total. The summed E-state index contributed by atoms with van der Waals surface area (Å²) in [7, 11) is 0. The Labute approximate surface area is 61.9 Å². The van der Waals surface area contributed by atoms with Crippen molar-refractivity contribution in [2.45, 2.75) is 0 Å². The Balaban J connectivity index is 2.83. The second-order valence-electron chi connectivity index (χ2n) is 2.09. The number of pyridine rings is 1. The van der Waals surface area contributed by atoms with Crippen LogP contribution in [-0.2, 0) is 0 Å². The van der Waals surface area contributed by atoms with E-state index < -0.39 is 5.95 Å². The van der Waals surface area contributed by atoms with Crippen LogP contribution in [0.2, 0.25) is 0 Å². The zero-order valence-corrected chi connectivity index (χ0v) is 5.53. The molecular formula is C7H4FN3. The van der Waals surface area contributed by atoms with Crippen molar-refractivity contribution in [2.75, 3.05) is 0 Å². The van der Waals surface area contributed by atoms with Crippen molar-refractivity contribution in [3.05, 3.63) is 30.7 Å². The van der Waals surface area contributed by atoms with Crippen molar-refractivity contribution in [2.24, 2.45) is 0 Å². The van der Waals surface area contributed by atoms with Gasteiger partial charge >= 0.3 is 0 Å². The molecule has 2 aromatic heterocycles. The third-order valence-electron chi connectivity index (χ3n) is 1.36. The highest BCUT2D eigenvalue weighted by Gasteiger charge is 1.95. The molecule has 0 spiro atoms. The third kappa shape index (κ3) is 1.02. The molecule has 0 unspecified atom stereocenters. The predicted molar refractivity (Wildman–Crippen MR) is 37.3 cm³/mol. The number of nitrogens with zero attached hydrogens (tertiary/aromatic N) is 3. The molecule has 0 saturated heterocycles. The van der Waals surface area contributed by atoms with Gasteiger partial charge in [-0.1, -0.05) is 0 Å². The van der Waals surface area contributed by atoms with Crippen LogP contribution in [0.4, 0.5) is 4.39 Å². The largest absolute Gasteiger partial charge is 0.244 e. The van der Waals surface area contributed by atoms with Crippen LogP contribution in [0.1, 0.15) is 0 Å². The van der Waals surface area contributed by atoms with E-state index in [0.29, 0.717) is 10.9 Å². The Kier molecular flexibility index (Phi) is 1.25. The quantitative estimate of drug-likeness (QED) is 0.527. The van der Waals surface area contributed by atoms with Crippen LogP contribution in [0.25, 0.3) is 10.9 Å². The van der Waals surface area contributed by atoms with Gasteiger partial charge in [-0.05, 0) is 0 Å². The molecular weight excluding hydrogens is 145 g/mol. The van der Waals surface area contributed by atoms with Gasteiger partial charge in [0.1, 0.15) is 6.33 Å². The molecule has 54 valence electrons. The molecule has 0 aromatic carbocycles. The summed E-state index contributed by atoms with van der Waals surface area (Å²) in [5.41, 5.74) is 0.654. The topological polar surface area (TPSA) is 38.7 Å². The van der Waals surface area contributed by atoms with E-state index in [9.17, 15) is 4.39 Å². The molecule has 11 heavy (non-hydrogen) atoms. The first-order valence-electron chi connectivity index (χ1n) is 3.07. The maximum atomic E-state index is 12.5. The molecule has 2 rings (SSSR count). The minimum Gasteiger partial charge on any atom is -0.244 e. The van der Waals surface area contributed by atoms with Crippen molar-refractivity contribution in [1.29, 1.82) is 0 Å². The van der Waals surface area contributed by atoms with Gasteiger partial charge < -0.3 is 0 Å². The standard InChI is InChI=1S/C7H4FN3/c8-7-1-5-2-9-4-11-6(5)3-10-7/h1-4H. The Morgan fingerprint density at radius 1 is 1.18 bits per heavy atom. The van der Waals surface area contributed by atoms with Crippen LogP contribution in [0.3, 0.4) is 0 Å². The summed E-state index contributed by atoms with van der Waals surface area (Å²) in [5.74, 6) is -0.507. The average Bonchev–Trinajstić information content (AvgIpc) is 2.04. The molecule has 2 aromatic rings. The molecule has 2 heterocycles. The smallest absolute Gasteiger partial charge is 0.213 e. The average molecular weight is 149 g/mol. The minimum absolute atomic E-state index is 0.507. The molecule has 0 atom stereocenters. The van der Waals surface area contributed by atoms with E-state index in [0.717, 1.165) is 0 Å². The first-order chi connectivity index (χ1) is 5.36. The van der Waals surface area contributed by atoms with E-state index in [-0.39, 0.29) is 0 Å². The number of aromatic nitrogens is 3. The molecule has 0 fully saturated rings. The molecule has 0 aliphatic carbocycles. The van der Waals surface area contributed by atoms with Crippen LogP contribution in [0.15, 0.2) is 24.8 Å². The molecule has 4 heteroatoms. The molecule has 0 amide bonds. The van der Waals surface area contributed by atoms with E-state index in [1.807, 2.05) is 0 Å². The summed E-state index contributed by atoms with van der Waals surface area (Å²) in [6.45, 7) is 0. The summed E-state index contributed by atoms with van der Waals surface area (Å²) in [4.78, 5) is 11.1. The molecule has 0 radical (unpaired) electrons. The highest BCUT2D eigenvalue weighted by Crippen LogP contribution is 2.07. The molecule has 0 aliphatic rings. The Bertz CT molecular complexity index is 388. The van der Waals surface area contributed by atoms with Gasteiger partial charge in [-0.2, -0.15) is 4.39 Å². The summed E-state index contributed by atoms with van der Waals surface area (Å²) in [5, 5.41) is 0.667. The highest BCUT2D eigenvalue weighted by molar-refractivity contribution is 5.75. The van der Waals surface area contributed by atoms with Gasteiger partial charge in [0.2, 0.25) is 5.95 Å². The van der Waals surface area contributed by atoms with E-state index >= 15 is 0 Å². The highest BCUT2D eigenvalue weighted by atomic mass is 19.1. The fourth-order valence-electron chi connectivity index (χ4n) is 0.857. The number of hydrogen-bond donors (Lipinski definition) is 0. The summed E-state index contributed by atoms with van der Waals surface area (Å²) < 4.78 is 12.5. The zero-order valence-electron chi connectivity index (χ0n) is 5.53. The van der Waals surface area contributed by atoms with Crippen LogP contribution in [0.5, 0.6) is 0 Å². The molecule has 0 bridgehead atoms. The van der Waals surface area contributed by atoms with E-state index in [1.165, 1.54) is 18.6 Å². The Morgan fingerprint density at radius 3 is 3.00 bits per heavy atom. The third-order valence-corrected chi connectivity index (χ3v) is 1.36. The monoisotopic (exact) mass is 149 g/mol. The molecule has 0 aliphatic heterocycles. The number of halogens is 1. The first kappa shape index (κ1) is 6.15. The lowest BCUT2D eigenvalue weighted by Crippen LogP contribution is -1.85. The van der Waals surface area contributed by atoms with Crippen LogP contribution >= 0.6 is 0 Å². The maximum Gasteiger partial charge on any atom is 0.213 e. The fourth-order valence-corrected chi connectivity index (χ4v) is 0.857. The Morgan fingerprint density at radius 2 is 2.09 bits per heavy atom. The normalized spacial score (nSPS) is 10.3. The fraction of sp³-hybridized carbons (Fsp3) is 0. The summed E-state index contributed by atoms with van der Waals surface area (Å²) >= 11 is 0. The number of hydrogen-bond acceptors (Lipinski definition) is 3. The van der Waals surface area contributed by atoms with Crippen LogP contribution in [-0.4, -0.2) is 15.0 Å². The van der Waals surface area contributed by atoms with Crippen LogP contribution in [0, 0.1) is 5.95 Å². The van der Waals surface area contributed by atoms with Gasteiger partial charge in [0.25, 0.3) is 0 Å². The maximum absolute atomic E-state index is 12.5. The second-order valence-corrected chi connectivity index (χ2v) is 2.09. The van der Waals surface area contributed by atoms with Crippen molar-refractivity contribution in [1.82, 2.24) is 15.0 Å². The summed E-state index contributed by atoms with van der Waals surface area (Å²) in [6, 6.07) is 1.30. The molecule has 0 saturated carbocycles. The number of fused-ring (bicyclic) bond motifs is 1. The lowest BCUT2D eigenvalue weighted by Gasteiger charge is -1.92. The first-order valence-corrected chi connectivity index (χ1v) is 3.07. The van der Waals surface area contributed by atoms with Crippen molar-refractivity contribution >= 4 is 10.9 Å².